The van der Waals surface area contributed by atoms with Crippen molar-refractivity contribution in [3.8, 4) is 0 Å². The van der Waals surface area contributed by atoms with E-state index in [0.717, 1.165) is 32.4 Å². The van der Waals surface area contributed by atoms with Crippen LogP contribution in [0.2, 0.25) is 0 Å². The molecule has 1 unspecified atom stereocenters. The zero-order valence-electron chi connectivity index (χ0n) is 11.7. The van der Waals surface area contributed by atoms with E-state index in [1.165, 1.54) is 4.90 Å². The van der Waals surface area contributed by atoms with Gasteiger partial charge in [0.1, 0.15) is 0 Å². The SMILES string of the molecule is CCC(C)[C@H](N)C(=O)N(C)CC(=O)N1CCCC1. The molecule has 1 aliphatic rings. The molecule has 0 bridgehead atoms. The van der Waals surface area contributed by atoms with Crippen molar-refractivity contribution in [1.82, 2.24) is 9.80 Å². The number of likely N-dealkylation sites (tertiary alicyclic amines) is 1. The highest BCUT2D eigenvalue weighted by Crippen LogP contribution is 2.10. The average Bonchev–Trinajstić information content (AvgIpc) is 2.89. The molecular formula is C13H25N3O2. The molecule has 0 aromatic carbocycles. The van der Waals surface area contributed by atoms with Crippen molar-refractivity contribution in [2.24, 2.45) is 11.7 Å². The van der Waals surface area contributed by atoms with Gasteiger partial charge in [-0.05, 0) is 18.8 Å². The summed E-state index contributed by atoms with van der Waals surface area (Å²) in [4.78, 5) is 27.2. The number of carbonyl (C=O) groups is 2. The molecule has 2 atom stereocenters. The Balaban J connectivity index is 2.46. The van der Waals surface area contributed by atoms with E-state index in [0.29, 0.717) is 0 Å². The fraction of sp³-hybridized carbons (Fsp3) is 0.846. The highest BCUT2D eigenvalue weighted by molar-refractivity contribution is 5.87. The number of carbonyl (C=O) groups excluding carboxylic acids is 2. The van der Waals surface area contributed by atoms with Gasteiger partial charge in [0, 0.05) is 20.1 Å². The van der Waals surface area contributed by atoms with Crippen LogP contribution in [0.4, 0.5) is 0 Å². The molecule has 1 saturated heterocycles. The predicted octanol–water partition coefficient (Wildman–Crippen LogP) is 0.441. The predicted molar refractivity (Wildman–Crippen MR) is 70.9 cm³/mol. The number of nitrogens with zero attached hydrogens (tertiary/aromatic N) is 2. The minimum atomic E-state index is -0.508. The molecule has 1 rings (SSSR count). The molecule has 1 heterocycles. The summed E-state index contributed by atoms with van der Waals surface area (Å²) in [7, 11) is 1.65. The van der Waals surface area contributed by atoms with Crippen LogP contribution < -0.4 is 5.73 Å². The maximum Gasteiger partial charge on any atom is 0.242 e. The summed E-state index contributed by atoms with van der Waals surface area (Å²) in [5, 5.41) is 0. The quantitative estimate of drug-likeness (QED) is 0.775. The van der Waals surface area contributed by atoms with Crippen LogP contribution in [-0.4, -0.2) is 54.3 Å². The van der Waals surface area contributed by atoms with Gasteiger partial charge in [0.15, 0.2) is 0 Å². The van der Waals surface area contributed by atoms with Crippen LogP contribution in [0.1, 0.15) is 33.1 Å². The molecular weight excluding hydrogens is 230 g/mol. The summed E-state index contributed by atoms with van der Waals surface area (Å²) in [6.07, 6.45) is 2.99. The number of rotatable bonds is 5. The van der Waals surface area contributed by atoms with E-state index in [1.54, 1.807) is 7.05 Å². The van der Waals surface area contributed by atoms with Crippen LogP contribution >= 0.6 is 0 Å². The van der Waals surface area contributed by atoms with Crippen molar-refractivity contribution in [2.75, 3.05) is 26.7 Å². The molecule has 1 fully saturated rings. The van der Waals surface area contributed by atoms with E-state index >= 15 is 0 Å². The van der Waals surface area contributed by atoms with Gasteiger partial charge in [-0.15, -0.1) is 0 Å². The zero-order valence-corrected chi connectivity index (χ0v) is 11.7. The molecule has 2 amide bonds. The lowest BCUT2D eigenvalue weighted by Crippen LogP contribution is -2.48. The van der Waals surface area contributed by atoms with Crippen molar-refractivity contribution in [2.45, 2.75) is 39.2 Å². The number of amides is 2. The summed E-state index contributed by atoms with van der Waals surface area (Å²) < 4.78 is 0. The minimum Gasteiger partial charge on any atom is -0.341 e. The third-order valence-electron chi connectivity index (χ3n) is 3.75. The zero-order chi connectivity index (χ0) is 13.7. The van der Waals surface area contributed by atoms with Gasteiger partial charge in [-0.3, -0.25) is 9.59 Å². The van der Waals surface area contributed by atoms with Gasteiger partial charge in [-0.1, -0.05) is 20.3 Å². The summed E-state index contributed by atoms with van der Waals surface area (Å²) in [6.45, 7) is 5.74. The smallest absolute Gasteiger partial charge is 0.242 e. The second-order valence-corrected chi connectivity index (χ2v) is 5.19. The normalized spacial score (nSPS) is 18.6. The first kappa shape index (κ1) is 15.0. The highest BCUT2D eigenvalue weighted by atomic mass is 16.2. The summed E-state index contributed by atoms with van der Waals surface area (Å²) in [6, 6.07) is -0.508. The van der Waals surface area contributed by atoms with E-state index in [9.17, 15) is 9.59 Å². The molecule has 0 aromatic heterocycles. The maximum absolute atomic E-state index is 12.0. The van der Waals surface area contributed by atoms with E-state index in [2.05, 4.69) is 0 Å². The van der Waals surface area contributed by atoms with Gasteiger partial charge in [-0.25, -0.2) is 0 Å². The molecule has 1 aliphatic heterocycles. The monoisotopic (exact) mass is 255 g/mol. The summed E-state index contributed by atoms with van der Waals surface area (Å²) >= 11 is 0. The Labute approximate surface area is 109 Å². The van der Waals surface area contributed by atoms with Gasteiger partial charge < -0.3 is 15.5 Å². The van der Waals surface area contributed by atoms with Gasteiger partial charge >= 0.3 is 0 Å². The fourth-order valence-electron chi connectivity index (χ4n) is 2.10. The Morgan fingerprint density at radius 1 is 1.33 bits per heavy atom. The Bertz CT molecular complexity index is 301. The Hall–Kier alpha value is -1.10. The minimum absolute atomic E-state index is 0.0275. The van der Waals surface area contributed by atoms with Crippen LogP contribution in [0.15, 0.2) is 0 Å². The molecule has 104 valence electrons. The third kappa shape index (κ3) is 3.70. The molecule has 5 nitrogen and oxygen atoms in total. The van der Waals surface area contributed by atoms with Crippen molar-refractivity contribution in [3.05, 3.63) is 0 Å². The van der Waals surface area contributed by atoms with Gasteiger partial charge in [-0.2, -0.15) is 0 Å². The topological polar surface area (TPSA) is 66.6 Å². The third-order valence-corrected chi connectivity index (χ3v) is 3.75. The average molecular weight is 255 g/mol. The van der Waals surface area contributed by atoms with Gasteiger partial charge in [0.25, 0.3) is 0 Å². The maximum atomic E-state index is 12.0. The molecule has 0 aliphatic carbocycles. The number of likely N-dealkylation sites (N-methyl/N-ethyl adjacent to an activating group) is 1. The largest absolute Gasteiger partial charge is 0.341 e. The summed E-state index contributed by atoms with van der Waals surface area (Å²) in [5.41, 5.74) is 5.89. The Morgan fingerprint density at radius 2 is 1.89 bits per heavy atom. The van der Waals surface area contributed by atoms with Crippen molar-refractivity contribution < 1.29 is 9.59 Å². The van der Waals surface area contributed by atoms with Gasteiger partial charge in [0.2, 0.25) is 11.8 Å². The molecule has 0 aromatic rings. The number of hydrogen-bond acceptors (Lipinski definition) is 3. The van der Waals surface area contributed by atoms with E-state index in [-0.39, 0.29) is 24.3 Å². The highest BCUT2D eigenvalue weighted by Gasteiger charge is 2.26. The number of hydrogen-bond donors (Lipinski definition) is 1. The molecule has 5 heteroatoms. The van der Waals surface area contributed by atoms with Crippen molar-refractivity contribution in [3.63, 3.8) is 0 Å². The van der Waals surface area contributed by atoms with Crippen LogP contribution in [0.5, 0.6) is 0 Å². The van der Waals surface area contributed by atoms with E-state index < -0.39 is 6.04 Å². The first-order valence-electron chi connectivity index (χ1n) is 6.75. The fourth-order valence-corrected chi connectivity index (χ4v) is 2.10. The Morgan fingerprint density at radius 3 is 2.39 bits per heavy atom. The van der Waals surface area contributed by atoms with Crippen LogP contribution in [-0.2, 0) is 9.59 Å². The first-order chi connectivity index (χ1) is 8.47. The lowest BCUT2D eigenvalue weighted by atomic mass is 9.99. The second-order valence-electron chi connectivity index (χ2n) is 5.19. The lowest BCUT2D eigenvalue weighted by molar-refractivity contribution is -0.140. The lowest BCUT2D eigenvalue weighted by Gasteiger charge is -2.26. The van der Waals surface area contributed by atoms with Crippen molar-refractivity contribution >= 4 is 11.8 Å². The molecule has 0 spiro atoms. The molecule has 0 saturated carbocycles. The number of nitrogens with two attached hydrogens (primary N) is 1. The van der Waals surface area contributed by atoms with Crippen LogP contribution in [0.3, 0.4) is 0 Å². The standard InChI is InChI=1S/C13H25N3O2/c1-4-10(2)12(14)13(18)15(3)9-11(17)16-7-5-6-8-16/h10,12H,4-9,14H2,1-3H3/t10?,12-/m0/s1. The first-order valence-corrected chi connectivity index (χ1v) is 6.75. The van der Waals surface area contributed by atoms with E-state index in [4.69, 9.17) is 5.73 Å². The van der Waals surface area contributed by atoms with E-state index in [1.807, 2.05) is 18.7 Å². The summed E-state index contributed by atoms with van der Waals surface area (Å²) in [5.74, 6) is 0.0263. The molecule has 2 N–H and O–H groups in total. The van der Waals surface area contributed by atoms with Gasteiger partial charge in [0.05, 0.1) is 12.6 Å². The Kier molecular flexibility index (Phi) is 5.59. The van der Waals surface area contributed by atoms with Crippen molar-refractivity contribution in [1.29, 1.82) is 0 Å². The molecule has 0 radical (unpaired) electrons. The second kappa shape index (κ2) is 6.73. The molecule has 18 heavy (non-hydrogen) atoms. The van der Waals surface area contributed by atoms with Crippen LogP contribution in [0, 0.1) is 5.92 Å². The van der Waals surface area contributed by atoms with Crippen LogP contribution in [0.25, 0.3) is 0 Å².